The van der Waals surface area contributed by atoms with E-state index in [4.69, 9.17) is 14.2 Å². The molecule has 3 amide bonds. The van der Waals surface area contributed by atoms with Crippen LogP contribution in [-0.4, -0.2) is 69.3 Å². The zero-order valence-electron chi connectivity index (χ0n) is 23.5. The second kappa shape index (κ2) is 15.1. The van der Waals surface area contributed by atoms with Gasteiger partial charge in [0.2, 0.25) is 5.91 Å². The van der Waals surface area contributed by atoms with E-state index >= 15 is 0 Å². The van der Waals surface area contributed by atoms with E-state index in [1.165, 1.54) is 4.88 Å². The minimum absolute atomic E-state index is 0.0301. The molecule has 0 aliphatic carbocycles. The zero-order chi connectivity index (χ0) is 28.2. The molecule has 0 atom stereocenters. The van der Waals surface area contributed by atoms with Gasteiger partial charge in [0, 0.05) is 42.2 Å². The number of methoxy groups -OCH3 is 3. The standard InChI is InChI=1S/C30H39N3O5S/c1-22-8-6-9-25(18-22)31-30(35)33(15-7-17-36-3)21-29(34)32(20-26-12-10-23(2)39-26)16-14-24-11-13-27(37-4)28(19-24)38-5/h6,8-13,18-19H,7,14-17,20-21H2,1-5H3,(H,31,35). The summed E-state index contributed by atoms with van der Waals surface area (Å²) in [4.78, 5) is 32.6. The van der Waals surface area contributed by atoms with E-state index in [0.717, 1.165) is 16.0 Å². The van der Waals surface area contributed by atoms with Crippen molar-refractivity contribution in [3.63, 3.8) is 0 Å². The number of urea groups is 1. The van der Waals surface area contributed by atoms with Crippen LogP contribution in [0.1, 0.15) is 27.3 Å². The monoisotopic (exact) mass is 553 g/mol. The highest BCUT2D eigenvalue weighted by molar-refractivity contribution is 7.11. The van der Waals surface area contributed by atoms with E-state index in [1.807, 2.05) is 54.3 Å². The van der Waals surface area contributed by atoms with Crippen molar-refractivity contribution in [3.05, 3.63) is 75.5 Å². The maximum absolute atomic E-state index is 13.7. The van der Waals surface area contributed by atoms with E-state index < -0.39 is 0 Å². The Morgan fingerprint density at radius 3 is 2.36 bits per heavy atom. The number of aryl methyl sites for hydroxylation is 2. The summed E-state index contributed by atoms with van der Waals surface area (Å²) in [6.07, 6.45) is 1.26. The van der Waals surface area contributed by atoms with Crippen LogP contribution in [-0.2, 0) is 22.5 Å². The number of amides is 3. The van der Waals surface area contributed by atoms with Gasteiger partial charge in [-0.1, -0.05) is 18.2 Å². The molecule has 0 unspecified atom stereocenters. The predicted octanol–water partition coefficient (Wildman–Crippen LogP) is 5.52. The van der Waals surface area contributed by atoms with Gasteiger partial charge in [-0.15, -0.1) is 11.3 Å². The number of rotatable bonds is 14. The highest BCUT2D eigenvalue weighted by Gasteiger charge is 2.22. The fraction of sp³-hybridized carbons (Fsp3) is 0.400. The predicted molar refractivity (Wildman–Crippen MR) is 156 cm³/mol. The molecule has 8 nitrogen and oxygen atoms in total. The smallest absolute Gasteiger partial charge is 0.322 e. The molecule has 0 aliphatic heterocycles. The van der Waals surface area contributed by atoms with Crippen LogP contribution in [0.25, 0.3) is 0 Å². The molecule has 39 heavy (non-hydrogen) atoms. The Morgan fingerprint density at radius 2 is 1.69 bits per heavy atom. The molecule has 3 rings (SSSR count). The molecule has 0 fully saturated rings. The van der Waals surface area contributed by atoms with E-state index in [1.54, 1.807) is 37.6 Å². The number of anilines is 1. The van der Waals surface area contributed by atoms with Crippen molar-refractivity contribution in [2.24, 2.45) is 0 Å². The molecule has 3 aromatic rings. The number of hydrogen-bond acceptors (Lipinski definition) is 6. The first-order valence-electron chi connectivity index (χ1n) is 13.0. The lowest BCUT2D eigenvalue weighted by Gasteiger charge is -2.28. The molecule has 1 heterocycles. The van der Waals surface area contributed by atoms with Crippen LogP contribution in [0.2, 0.25) is 0 Å². The van der Waals surface area contributed by atoms with Crippen LogP contribution in [0.15, 0.2) is 54.6 Å². The summed E-state index contributed by atoms with van der Waals surface area (Å²) < 4.78 is 16.0. The average Bonchev–Trinajstić information content (AvgIpc) is 3.34. The number of ether oxygens (including phenoxy) is 3. The third-order valence-corrected chi connectivity index (χ3v) is 7.26. The Balaban J connectivity index is 1.76. The van der Waals surface area contributed by atoms with Crippen molar-refractivity contribution in [2.75, 3.05) is 52.9 Å². The van der Waals surface area contributed by atoms with Crippen LogP contribution in [0.3, 0.4) is 0 Å². The van der Waals surface area contributed by atoms with Gasteiger partial charge >= 0.3 is 6.03 Å². The Labute approximate surface area is 235 Å². The molecule has 0 spiro atoms. The van der Waals surface area contributed by atoms with Crippen LogP contribution >= 0.6 is 11.3 Å². The van der Waals surface area contributed by atoms with Gasteiger partial charge in [0.25, 0.3) is 0 Å². The van der Waals surface area contributed by atoms with E-state index in [9.17, 15) is 9.59 Å². The largest absolute Gasteiger partial charge is 0.493 e. The molecule has 0 bridgehead atoms. The number of nitrogens with zero attached hydrogens (tertiary/aromatic N) is 2. The molecular weight excluding hydrogens is 514 g/mol. The summed E-state index contributed by atoms with van der Waals surface area (Å²) in [6, 6.07) is 17.2. The SMILES string of the molecule is COCCCN(CC(=O)N(CCc1ccc(OC)c(OC)c1)Cc1ccc(C)s1)C(=O)Nc1cccc(C)c1. The van der Waals surface area contributed by atoms with Gasteiger partial charge in [-0.25, -0.2) is 4.79 Å². The van der Waals surface area contributed by atoms with Gasteiger partial charge in [-0.05, 0) is 74.2 Å². The number of carbonyl (C=O) groups excluding carboxylic acids is 2. The summed E-state index contributed by atoms with van der Waals surface area (Å²) in [5, 5.41) is 2.94. The topological polar surface area (TPSA) is 80.3 Å². The van der Waals surface area contributed by atoms with Gasteiger partial charge in [-0.2, -0.15) is 0 Å². The molecule has 9 heteroatoms. The summed E-state index contributed by atoms with van der Waals surface area (Å²) in [5.41, 5.74) is 2.77. The highest BCUT2D eigenvalue weighted by Crippen LogP contribution is 2.28. The lowest BCUT2D eigenvalue weighted by atomic mass is 10.1. The van der Waals surface area contributed by atoms with E-state index in [2.05, 4.69) is 24.4 Å². The van der Waals surface area contributed by atoms with E-state index in [-0.39, 0.29) is 18.5 Å². The molecule has 1 N–H and O–H groups in total. The second-order valence-electron chi connectivity index (χ2n) is 9.33. The Bertz CT molecular complexity index is 1230. The molecule has 210 valence electrons. The Hall–Kier alpha value is -3.56. The molecule has 0 radical (unpaired) electrons. The number of nitrogens with one attached hydrogen (secondary N) is 1. The molecular formula is C30H39N3O5S. The molecule has 0 saturated heterocycles. The van der Waals surface area contributed by atoms with Crippen LogP contribution in [0, 0.1) is 13.8 Å². The number of hydrogen-bond donors (Lipinski definition) is 1. The maximum atomic E-state index is 13.7. The number of thiophene rings is 1. The van der Waals surface area contributed by atoms with Crippen LogP contribution in [0.4, 0.5) is 10.5 Å². The molecule has 1 aromatic heterocycles. The first-order valence-corrected chi connectivity index (χ1v) is 13.8. The van der Waals surface area contributed by atoms with Crippen molar-refractivity contribution in [3.8, 4) is 11.5 Å². The third-order valence-electron chi connectivity index (χ3n) is 6.27. The van der Waals surface area contributed by atoms with Gasteiger partial charge < -0.3 is 29.3 Å². The fourth-order valence-electron chi connectivity index (χ4n) is 4.19. The molecule has 2 aromatic carbocycles. The van der Waals surface area contributed by atoms with Gasteiger partial charge in [-0.3, -0.25) is 4.79 Å². The quantitative estimate of drug-likeness (QED) is 0.266. The van der Waals surface area contributed by atoms with Crippen molar-refractivity contribution in [1.82, 2.24) is 9.80 Å². The highest BCUT2D eigenvalue weighted by atomic mass is 32.1. The van der Waals surface area contributed by atoms with Crippen molar-refractivity contribution in [1.29, 1.82) is 0 Å². The first kappa shape index (κ1) is 30.0. The third kappa shape index (κ3) is 9.30. The van der Waals surface area contributed by atoms with E-state index in [0.29, 0.717) is 56.3 Å². The number of carbonyl (C=O) groups is 2. The van der Waals surface area contributed by atoms with Crippen LogP contribution in [0.5, 0.6) is 11.5 Å². The fourth-order valence-corrected chi connectivity index (χ4v) is 5.10. The van der Waals surface area contributed by atoms with Gasteiger partial charge in [0.1, 0.15) is 6.54 Å². The van der Waals surface area contributed by atoms with Crippen LogP contribution < -0.4 is 14.8 Å². The first-order chi connectivity index (χ1) is 18.8. The maximum Gasteiger partial charge on any atom is 0.322 e. The zero-order valence-corrected chi connectivity index (χ0v) is 24.3. The normalized spacial score (nSPS) is 10.7. The summed E-state index contributed by atoms with van der Waals surface area (Å²) in [7, 11) is 4.84. The van der Waals surface area contributed by atoms with Crippen molar-refractivity contribution < 1.29 is 23.8 Å². The summed E-state index contributed by atoms with van der Waals surface area (Å²) >= 11 is 1.67. The second-order valence-corrected chi connectivity index (χ2v) is 10.7. The summed E-state index contributed by atoms with van der Waals surface area (Å²) in [5.74, 6) is 1.20. The minimum Gasteiger partial charge on any atom is -0.493 e. The Morgan fingerprint density at radius 1 is 0.897 bits per heavy atom. The van der Waals surface area contributed by atoms with Crippen molar-refractivity contribution in [2.45, 2.75) is 33.2 Å². The Kier molecular flexibility index (Phi) is 11.6. The lowest BCUT2D eigenvalue weighted by molar-refractivity contribution is -0.132. The van der Waals surface area contributed by atoms with Gasteiger partial charge in [0.15, 0.2) is 11.5 Å². The molecule has 0 saturated carbocycles. The van der Waals surface area contributed by atoms with Crippen molar-refractivity contribution >= 4 is 29.0 Å². The minimum atomic E-state index is -0.308. The average molecular weight is 554 g/mol. The van der Waals surface area contributed by atoms with Gasteiger partial charge in [0.05, 0.1) is 20.8 Å². The lowest BCUT2D eigenvalue weighted by Crippen LogP contribution is -2.45. The summed E-state index contributed by atoms with van der Waals surface area (Å²) in [6.45, 7) is 5.87. The molecule has 0 aliphatic rings. The number of benzene rings is 2.